The van der Waals surface area contributed by atoms with Gasteiger partial charge in [-0.15, -0.1) is 5.10 Å². The zero-order valence-electron chi connectivity index (χ0n) is 17.5. The zero-order valence-corrected chi connectivity index (χ0v) is 18.3. The Labute approximate surface area is 171 Å². The summed E-state index contributed by atoms with van der Waals surface area (Å²) in [6.45, 7) is 10.2. The van der Waals surface area contributed by atoms with Crippen molar-refractivity contribution in [2.75, 3.05) is 18.4 Å². The largest absolute Gasteiger partial charge is 0.408 e. The lowest BCUT2D eigenvalue weighted by Crippen LogP contribution is -2.41. The van der Waals surface area contributed by atoms with Gasteiger partial charge in [-0.3, -0.25) is 10.1 Å². The summed E-state index contributed by atoms with van der Waals surface area (Å²) >= 11 is 0. The summed E-state index contributed by atoms with van der Waals surface area (Å²) < 4.78 is 33.1. The third-order valence-electron chi connectivity index (χ3n) is 5.25. The highest BCUT2D eigenvalue weighted by Crippen LogP contribution is 2.30. The Morgan fingerprint density at radius 2 is 1.83 bits per heavy atom. The van der Waals surface area contributed by atoms with Crippen LogP contribution in [0.2, 0.25) is 0 Å². The number of anilines is 1. The molecule has 0 aliphatic carbocycles. The predicted octanol–water partition coefficient (Wildman–Crippen LogP) is 3.02. The fourth-order valence-corrected chi connectivity index (χ4v) is 5.12. The molecule has 29 heavy (non-hydrogen) atoms. The van der Waals surface area contributed by atoms with Gasteiger partial charge in [0.15, 0.2) is 0 Å². The van der Waals surface area contributed by atoms with Crippen molar-refractivity contribution in [3.8, 4) is 0 Å². The highest BCUT2D eigenvalue weighted by molar-refractivity contribution is 7.89. The Kier molecular flexibility index (Phi) is 5.82. The van der Waals surface area contributed by atoms with Crippen molar-refractivity contribution in [2.45, 2.75) is 57.8 Å². The van der Waals surface area contributed by atoms with Crippen LogP contribution in [0.4, 0.5) is 6.01 Å². The van der Waals surface area contributed by atoms with E-state index in [4.69, 9.17) is 4.42 Å². The van der Waals surface area contributed by atoms with Crippen LogP contribution in [0.5, 0.6) is 0 Å². The molecule has 158 valence electrons. The second-order valence-electron chi connectivity index (χ2n) is 8.52. The van der Waals surface area contributed by atoms with Crippen molar-refractivity contribution >= 4 is 21.9 Å². The second-order valence-corrected chi connectivity index (χ2v) is 10.4. The summed E-state index contributed by atoms with van der Waals surface area (Å²) in [5.41, 5.74) is 1.56. The van der Waals surface area contributed by atoms with Gasteiger partial charge in [0.1, 0.15) is 0 Å². The summed E-state index contributed by atoms with van der Waals surface area (Å²) in [5, 5.41) is 10.0. The molecule has 0 atom stereocenters. The average Bonchev–Trinajstić information content (AvgIpc) is 3.05. The molecule has 9 heteroatoms. The monoisotopic (exact) mass is 420 g/mol. The normalized spacial score (nSPS) is 16.7. The minimum absolute atomic E-state index is 0.0668. The maximum Gasteiger partial charge on any atom is 0.322 e. The van der Waals surface area contributed by atoms with Crippen LogP contribution in [0.25, 0.3) is 0 Å². The van der Waals surface area contributed by atoms with Gasteiger partial charge in [-0.1, -0.05) is 38.0 Å². The third-order valence-corrected chi connectivity index (χ3v) is 7.29. The van der Waals surface area contributed by atoms with Crippen LogP contribution in [0.3, 0.4) is 0 Å². The van der Waals surface area contributed by atoms with Gasteiger partial charge in [-0.25, -0.2) is 8.42 Å². The van der Waals surface area contributed by atoms with Crippen LogP contribution in [0.15, 0.2) is 27.5 Å². The number of carbonyl (C=O) groups excluding carboxylic acids is 1. The van der Waals surface area contributed by atoms with Gasteiger partial charge in [0.05, 0.1) is 4.90 Å². The van der Waals surface area contributed by atoms with E-state index in [-0.39, 0.29) is 23.3 Å². The number of hydrogen-bond acceptors (Lipinski definition) is 6. The van der Waals surface area contributed by atoms with Crippen molar-refractivity contribution in [1.82, 2.24) is 14.5 Å². The molecule has 1 aromatic heterocycles. The summed E-state index contributed by atoms with van der Waals surface area (Å²) in [6, 6.07) is 5.68. The number of benzene rings is 1. The topological polar surface area (TPSA) is 105 Å². The van der Waals surface area contributed by atoms with Gasteiger partial charge in [-0.2, -0.15) is 4.31 Å². The number of carbonyl (C=O) groups is 1. The molecular formula is C20H28N4O4S. The van der Waals surface area contributed by atoms with Crippen LogP contribution in [0.1, 0.15) is 50.6 Å². The number of nitrogens with one attached hydrogen (secondary N) is 1. The smallest absolute Gasteiger partial charge is 0.322 e. The van der Waals surface area contributed by atoms with Crippen molar-refractivity contribution in [3.63, 3.8) is 0 Å². The number of aromatic nitrogens is 2. The van der Waals surface area contributed by atoms with E-state index in [2.05, 4.69) is 36.3 Å². The summed E-state index contributed by atoms with van der Waals surface area (Å²) in [6.07, 6.45) is 0.881. The average molecular weight is 421 g/mol. The highest BCUT2D eigenvalue weighted by Gasteiger charge is 2.33. The standard InChI is InChI=1S/C20H28N4O4S/c1-13-6-7-16(20(3,4)5)12-17(13)29(26,27)24-10-8-15(9-11-24)18(25)21-19-23-22-14(2)28-19/h6-7,12,15H,8-11H2,1-5H3,(H,21,23,25). The first-order valence-electron chi connectivity index (χ1n) is 9.71. The number of amides is 1. The van der Waals surface area contributed by atoms with Gasteiger partial charge in [0, 0.05) is 25.9 Å². The van der Waals surface area contributed by atoms with E-state index in [0.29, 0.717) is 36.7 Å². The number of piperidine rings is 1. The van der Waals surface area contributed by atoms with Gasteiger partial charge in [-0.05, 0) is 42.4 Å². The summed E-state index contributed by atoms with van der Waals surface area (Å²) in [4.78, 5) is 12.7. The summed E-state index contributed by atoms with van der Waals surface area (Å²) in [5.74, 6) is -0.152. The molecule has 3 rings (SSSR count). The molecule has 0 bridgehead atoms. The molecule has 1 N–H and O–H groups in total. The summed E-state index contributed by atoms with van der Waals surface area (Å²) in [7, 11) is -3.62. The van der Waals surface area contributed by atoms with E-state index >= 15 is 0 Å². The van der Waals surface area contributed by atoms with E-state index in [1.54, 1.807) is 13.0 Å². The third kappa shape index (κ3) is 4.67. The highest BCUT2D eigenvalue weighted by atomic mass is 32.2. The molecule has 1 fully saturated rings. The Balaban J connectivity index is 1.71. The quantitative estimate of drug-likeness (QED) is 0.815. The lowest BCUT2D eigenvalue weighted by Gasteiger charge is -2.31. The molecule has 1 aliphatic heterocycles. The first-order valence-corrected chi connectivity index (χ1v) is 11.1. The molecule has 8 nitrogen and oxygen atoms in total. The van der Waals surface area contributed by atoms with Crippen LogP contribution in [0, 0.1) is 19.8 Å². The minimum atomic E-state index is -3.62. The molecule has 1 aliphatic rings. The molecule has 2 heterocycles. The van der Waals surface area contributed by atoms with E-state index < -0.39 is 10.0 Å². The first-order chi connectivity index (χ1) is 13.5. The van der Waals surface area contributed by atoms with Gasteiger partial charge in [0.25, 0.3) is 0 Å². The van der Waals surface area contributed by atoms with E-state index in [1.165, 1.54) is 4.31 Å². The number of rotatable bonds is 4. The number of aryl methyl sites for hydroxylation is 2. The van der Waals surface area contributed by atoms with E-state index in [9.17, 15) is 13.2 Å². The van der Waals surface area contributed by atoms with Gasteiger partial charge < -0.3 is 4.42 Å². The minimum Gasteiger partial charge on any atom is -0.408 e. The van der Waals surface area contributed by atoms with E-state index in [0.717, 1.165) is 11.1 Å². The molecular weight excluding hydrogens is 392 g/mol. The molecule has 0 saturated carbocycles. The lowest BCUT2D eigenvalue weighted by molar-refractivity contribution is -0.121. The molecule has 1 saturated heterocycles. The first kappa shape index (κ1) is 21.4. The molecule has 0 radical (unpaired) electrons. The number of sulfonamides is 1. The number of hydrogen-bond donors (Lipinski definition) is 1. The number of nitrogens with zero attached hydrogens (tertiary/aromatic N) is 3. The van der Waals surface area contributed by atoms with Crippen molar-refractivity contribution in [2.24, 2.45) is 5.92 Å². The fraction of sp³-hybridized carbons (Fsp3) is 0.550. The van der Waals surface area contributed by atoms with E-state index in [1.807, 2.05) is 19.1 Å². The SMILES string of the molecule is Cc1nnc(NC(=O)C2CCN(S(=O)(=O)c3cc(C(C)(C)C)ccc3C)CC2)o1. The Bertz CT molecular complexity index is 1000. The van der Waals surface area contributed by atoms with Crippen LogP contribution in [-0.2, 0) is 20.2 Å². The Hall–Kier alpha value is -2.26. The lowest BCUT2D eigenvalue weighted by atomic mass is 9.87. The molecule has 0 unspecified atom stereocenters. The predicted molar refractivity (Wildman–Crippen MR) is 109 cm³/mol. The van der Waals surface area contributed by atoms with Gasteiger partial charge >= 0.3 is 6.01 Å². The molecule has 2 aromatic rings. The van der Waals surface area contributed by atoms with Crippen molar-refractivity contribution in [1.29, 1.82) is 0 Å². The maximum absolute atomic E-state index is 13.2. The molecule has 1 amide bonds. The Morgan fingerprint density at radius 3 is 2.38 bits per heavy atom. The van der Waals surface area contributed by atoms with Gasteiger partial charge in [0.2, 0.25) is 21.8 Å². The van der Waals surface area contributed by atoms with Crippen LogP contribution >= 0.6 is 0 Å². The van der Waals surface area contributed by atoms with Crippen LogP contribution in [-0.4, -0.2) is 41.9 Å². The molecule has 0 spiro atoms. The molecule has 1 aromatic carbocycles. The Morgan fingerprint density at radius 1 is 1.17 bits per heavy atom. The maximum atomic E-state index is 13.2. The second kappa shape index (κ2) is 7.87. The van der Waals surface area contributed by atoms with Crippen molar-refractivity contribution < 1.29 is 17.6 Å². The van der Waals surface area contributed by atoms with Crippen LogP contribution < -0.4 is 5.32 Å². The zero-order chi connectivity index (χ0) is 21.4. The fourth-order valence-electron chi connectivity index (χ4n) is 3.40. The van der Waals surface area contributed by atoms with Crippen molar-refractivity contribution in [3.05, 3.63) is 35.2 Å².